The van der Waals surface area contributed by atoms with Gasteiger partial charge in [-0.2, -0.15) is 5.10 Å². The van der Waals surface area contributed by atoms with Crippen LogP contribution in [0.4, 0.5) is 8.78 Å². The molecule has 0 unspecified atom stereocenters. The first-order valence-electron chi connectivity index (χ1n) is 7.48. The quantitative estimate of drug-likeness (QED) is 0.907. The van der Waals surface area contributed by atoms with E-state index in [2.05, 4.69) is 10.4 Å². The first-order valence-corrected chi connectivity index (χ1v) is 7.48. The zero-order valence-corrected chi connectivity index (χ0v) is 12.4. The van der Waals surface area contributed by atoms with E-state index in [9.17, 15) is 18.7 Å². The van der Waals surface area contributed by atoms with Crippen molar-refractivity contribution in [1.29, 1.82) is 0 Å². The molecule has 0 spiro atoms. The van der Waals surface area contributed by atoms with Crippen LogP contribution in [0.15, 0.2) is 30.6 Å². The number of hydrogen-bond donors (Lipinski definition) is 2. The van der Waals surface area contributed by atoms with Gasteiger partial charge in [0.25, 0.3) is 5.91 Å². The minimum atomic E-state index is -0.839. The first-order chi connectivity index (χ1) is 11.0. The molecular weight excluding hydrogens is 304 g/mol. The maximum Gasteiger partial charge on any atom is 0.254 e. The summed E-state index contributed by atoms with van der Waals surface area (Å²) >= 11 is 0. The normalized spacial score (nSPS) is 16.5. The Hall–Kier alpha value is -2.28. The fraction of sp³-hybridized carbons (Fsp3) is 0.375. The Morgan fingerprint density at radius 2 is 2.09 bits per heavy atom. The molecule has 1 amide bonds. The van der Waals surface area contributed by atoms with Gasteiger partial charge in [0, 0.05) is 18.8 Å². The summed E-state index contributed by atoms with van der Waals surface area (Å²) in [5.74, 6) is -1.83. The third kappa shape index (κ3) is 3.39. The van der Waals surface area contributed by atoms with Gasteiger partial charge in [-0.3, -0.25) is 4.79 Å². The van der Waals surface area contributed by atoms with E-state index in [0.717, 1.165) is 25.0 Å². The number of nitrogens with one attached hydrogen (secondary N) is 1. The summed E-state index contributed by atoms with van der Waals surface area (Å²) in [4.78, 5) is 12.1. The number of aliphatic hydroxyl groups is 1. The SMILES string of the molecule is O=C(NCC1(O)CCCC1)c1cnn(-c2ccc(F)cc2F)c1. The summed E-state index contributed by atoms with van der Waals surface area (Å²) in [6.07, 6.45) is 5.92. The molecule has 0 atom stereocenters. The first kappa shape index (κ1) is 15.6. The van der Waals surface area contributed by atoms with Crippen LogP contribution in [0.25, 0.3) is 5.69 Å². The van der Waals surface area contributed by atoms with Gasteiger partial charge < -0.3 is 10.4 Å². The van der Waals surface area contributed by atoms with Crippen molar-refractivity contribution in [1.82, 2.24) is 15.1 Å². The highest BCUT2D eigenvalue weighted by atomic mass is 19.1. The van der Waals surface area contributed by atoms with Gasteiger partial charge in [-0.1, -0.05) is 12.8 Å². The fourth-order valence-electron chi connectivity index (χ4n) is 2.80. The number of halogens is 2. The van der Waals surface area contributed by atoms with Crippen molar-refractivity contribution in [3.63, 3.8) is 0 Å². The number of nitrogens with zero attached hydrogens (tertiary/aromatic N) is 2. The highest BCUT2D eigenvalue weighted by molar-refractivity contribution is 5.93. The van der Waals surface area contributed by atoms with Crippen LogP contribution in [-0.4, -0.2) is 32.9 Å². The minimum Gasteiger partial charge on any atom is -0.388 e. The average molecular weight is 321 g/mol. The monoisotopic (exact) mass is 321 g/mol. The third-order valence-corrected chi connectivity index (χ3v) is 4.11. The zero-order valence-electron chi connectivity index (χ0n) is 12.4. The Morgan fingerprint density at radius 3 is 2.78 bits per heavy atom. The number of hydrogen-bond acceptors (Lipinski definition) is 3. The number of amides is 1. The predicted molar refractivity (Wildman–Crippen MR) is 79.2 cm³/mol. The van der Waals surface area contributed by atoms with Crippen molar-refractivity contribution in [2.75, 3.05) is 6.54 Å². The van der Waals surface area contributed by atoms with Crippen molar-refractivity contribution in [3.05, 3.63) is 47.8 Å². The highest BCUT2D eigenvalue weighted by Gasteiger charge is 2.31. The Labute approximate surface area is 131 Å². The van der Waals surface area contributed by atoms with Crippen LogP contribution in [0.2, 0.25) is 0 Å². The van der Waals surface area contributed by atoms with E-state index in [4.69, 9.17) is 0 Å². The summed E-state index contributed by atoms with van der Waals surface area (Å²) in [5, 5.41) is 16.8. The van der Waals surface area contributed by atoms with Gasteiger partial charge in [-0.05, 0) is 25.0 Å². The molecule has 1 fully saturated rings. The molecule has 3 rings (SSSR count). The molecule has 122 valence electrons. The topological polar surface area (TPSA) is 67.2 Å². The summed E-state index contributed by atoms with van der Waals surface area (Å²) in [6, 6.07) is 3.13. The van der Waals surface area contributed by atoms with E-state index in [1.54, 1.807) is 0 Å². The van der Waals surface area contributed by atoms with Gasteiger partial charge in [-0.15, -0.1) is 0 Å². The molecule has 0 bridgehead atoms. The lowest BCUT2D eigenvalue weighted by atomic mass is 10.0. The van der Waals surface area contributed by atoms with E-state index in [-0.39, 0.29) is 23.7 Å². The standard InChI is InChI=1S/C16H17F2N3O2/c17-12-3-4-14(13(18)7-12)21-9-11(8-20-21)15(22)19-10-16(23)5-1-2-6-16/h3-4,7-9,23H,1-2,5-6,10H2,(H,19,22). The van der Waals surface area contributed by atoms with Gasteiger partial charge >= 0.3 is 0 Å². The van der Waals surface area contributed by atoms with E-state index in [0.29, 0.717) is 12.8 Å². The number of carbonyl (C=O) groups is 1. The van der Waals surface area contributed by atoms with Crippen LogP contribution >= 0.6 is 0 Å². The number of carbonyl (C=O) groups excluding carboxylic acids is 1. The maximum atomic E-state index is 13.7. The van der Waals surface area contributed by atoms with Crippen LogP contribution in [0.3, 0.4) is 0 Å². The smallest absolute Gasteiger partial charge is 0.254 e. The van der Waals surface area contributed by atoms with Crippen LogP contribution < -0.4 is 5.32 Å². The van der Waals surface area contributed by atoms with Crippen LogP contribution in [-0.2, 0) is 0 Å². The maximum absolute atomic E-state index is 13.7. The van der Waals surface area contributed by atoms with Gasteiger partial charge in [0.15, 0.2) is 5.82 Å². The molecule has 5 nitrogen and oxygen atoms in total. The molecule has 0 aliphatic heterocycles. The van der Waals surface area contributed by atoms with Crippen molar-refractivity contribution >= 4 is 5.91 Å². The summed E-state index contributed by atoms with van der Waals surface area (Å²) in [7, 11) is 0. The van der Waals surface area contributed by atoms with Gasteiger partial charge in [-0.25, -0.2) is 13.5 Å². The molecule has 0 saturated heterocycles. The van der Waals surface area contributed by atoms with E-state index in [1.165, 1.54) is 23.1 Å². The lowest BCUT2D eigenvalue weighted by Crippen LogP contribution is -2.40. The predicted octanol–water partition coefficient (Wildman–Crippen LogP) is 2.19. The Morgan fingerprint density at radius 1 is 1.35 bits per heavy atom. The van der Waals surface area contributed by atoms with Gasteiger partial charge in [0.1, 0.15) is 11.5 Å². The van der Waals surface area contributed by atoms with E-state index < -0.39 is 17.2 Å². The number of aromatic nitrogens is 2. The van der Waals surface area contributed by atoms with E-state index >= 15 is 0 Å². The van der Waals surface area contributed by atoms with E-state index in [1.807, 2.05) is 0 Å². The van der Waals surface area contributed by atoms with Gasteiger partial charge in [0.2, 0.25) is 0 Å². The molecule has 2 N–H and O–H groups in total. The van der Waals surface area contributed by atoms with Crippen LogP contribution in [0, 0.1) is 11.6 Å². The molecule has 1 heterocycles. The highest BCUT2D eigenvalue weighted by Crippen LogP contribution is 2.28. The molecule has 1 aliphatic rings. The van der Waals surface area contributed by atoms with Crippen molar-refractivity contribution < 1.29 is 18.7 Å². The number of benzene rings is 1. The second-order valence-corrected chi connectivity index (χ2v) is 5.88. The molecular formula is C16H17F2N3O2. The second kappa shape index (κ2) is 6.08. The van der Waals surface area contributed by atoms with Crippen molar-refractivity contribution in [2.24, 2.45) is 0 Å². The molecule has 23 heavy (non-hydrogen) atoms. The lowest BCUT2D eigenvalue weighted by molar-refractivity contribution is 0.0449. The Kier molecular flexibility index (Phi) is 4.12. The molecule has 2 aromatic rings. The van der Waals surface area contributed by atoms with Crippen molar-refractivity contribution in [3.8, 4) is 5.69 Å². The summed E-state index contributed by atoms with van der Waals surface area (Å²) in [5.41, 5.74) is -0.537. The fourth-order valence-corrected chi connectivity index (χ4v) is 2.80. The van der Waals surface area contributed by atoms with Gasteiger partial charge in [0.05, 0.1) is 17.4 Å². The summed E-state index contributed by atoms with van der Waals surface area (Å²) < 4.78 is 27.8. The molecule has 1 saturated carbocycles. The minimum absolute atomic E-state index is 0.0554. The third-order valence-electron chi connectivity index (χ3n) is 4.11. The molecule has 7 heteroatoms. The number of rotatable bonds is 4. The summed E-state index contributed by atoms with van der Waals surface area (Å²) in [6.45, 7) is 0.182. The molecule has 0 radical (unpaired) electrons. The molecule has 1 aliphatic carbocycles. The Balaban J connectivity index is 1.70. The zero-order chi connectivity index (χ0) is 16.4. The Bertz CT molecular complexity index is 724. The average Bonchev–Trinajstić information content (AvgIpc) is 3.15. The van der Waals surface area contributed by atoms with Crippen molar-refractivity contribution in [2.45, 2.75) is 31.3 Å². The lowest BCUT2D eigenvalue weighted by Gasteiger charge is -2.22. The second-order valence-electron chi connectivity index (χ2n) is 5.88. The van der Waals surface area contributed by atoms with Crippen LogP contribution in [0.5, 0.6) is 0 Å². The van der Waals surface area contributed by atoms with Crippen LogP contribution in [0.1, 0.15) is 36.0 Å². The largest absolute Gasteiger partial charge is 0.388 e. The molecule has 1 aromatic heterocycles. The molecule has 1 aromatic carbocycles.